The summed E-state index contributed by atoms with van der Waals surface area (Å²) in [7, 11) is 0. The smallest absolute Gasteiger partial charge is 0.209 e. The average Bonchev–Trinajstić information content (AvgIpc) is 2.98. The molecular weight excluding hydrogens is 316 g/mol. The number of aliphatic hydroxyl groups excluding tert-OH is 1. The first kappa shape index (κ1) is 21.8. The van der Waals surface area contributed by atoms with Gasteiger partial charge in [0.25, 0.3) is 0 Å². The molecule has 25 heavy (non-hydrogen) atoms. The molecule has 1 aliphatic heterocycles. The predicted molar refractivity (Wildman–Crippen MR) is 99.5 cm³/mol. The average molecular weight is 353 g/mol. The van der Waals surface area contributed by atoms with E-state index in [1.807, 2.05) is 0 Å². The number of carboxylic acids is 1. The lowest BCUT2D eigenvalue weighted by atomic mass is 10.0. The highest BCUT2D eigenvalue weighted by Crippen LogP contribution is 2.20. The molecule has 1 atom stereocenters. The van der Waals surface area contributed by atoms with E-state index in [1.54, 1.807) is 12.4 Å². The molecule has 5 heteroatoms. The largest absolute Gasteiger partial charge is 0.544 e. The van der Waals surface area contributed by atoms with Crippen LogP contribution in [0.4, 0.5) is 0 Å². The van der Waals surface area contributed by atoms with Crippen molar-refractivity contribution in [3.8, 4) is 0 Å². The molecular formula is C20H36N2O3. The van der Waals surface area contributed by atoms with Gasteiger partial charge in [-0.1, -0.05) is 77.6 Å². The van der Waals surface area contributed by atoms with E-state index < -0.39 is 5.97 Å². The number of unbranched alkanes of at least 4 members (excludes halogenated alkanes) is 11. The summed E-state index contributed by atoms with van der Waals surface area (Å²) >= 11 is 0. The van der Waals surface area contributed by atoms with Gasteiger partial charge in [-0.15, -0.1) is 0 Å². The van der Waals surface area contributed by atoms with Gasteiger partial charge in [-0.2, -0.15) is 0 Å². The van der Waals surface area contributed by atoms with Crippen molar-refractivity contribution in [3.63, 3.8) is 0 Å². The van der Waals surface area contributed by atoms with E-state index in [0.717, 1.165) is 25.1 Å². The molecule has 1 N–H and O–H groups in total. The first-order valence-corrected chi connectivity index (χ1v) is 10.1. The zero-order valence-electron chi connectivity index (χ0n) is 15.9. The molecule has 1 heterocycles. The van der Waals surface area contributed by atoms with Crippen LogP contribution in [0.1, 0.15) is 90.4 Å². The summed E-state index contributed by atoms with van der Waals surface area (Å²) in [5.41, 5.74) is 0. The normalized spacial score (nSPS) is 19.4. The fraction of sp³-hybridized carbons (Fsp3) is 0.800. The predicted octanol–water partition coefficient (Wildman–Crippen LogP) is 3.48. The van der Waals surface area contributed by atoms with Crippen LogP contribution in [0.5, 0.6) is 0 Å². The molecule has 0 fully saturated rings. The SMILES string of the molecule is CCCCCCCCCCCCCCC1=NC=C[N+]1(CO)CC(=O)[O-]. The maximum Gasteiger partial charge on any atom is 0.209 e. The lowest BCUT2D eigenvalue weighted by molar-refractivity contribution is -0.804. The molecule has 144 valence electrons. The van der Waals surface area contributed by atoms with Crippen molar-refractivity contribution >= 4 is 11.8 Å². The van der Waals surface area contributed by atoms with Crippen molar-refractivity contribution in [2.45, 2.75) is 90.4 Å². The Bertz CT molecular complexity index is 435. The van der Waals surface area contributed by atoms with E-state index in [-0.39, 0.29) is 17.8 Å². The summed E-state index contributed by atoms with van der Waals surface area (Å²) < 4.78 is -0.0969. The third-order valence-electron chi connectivity index (χ3n) is 5.01. The van der Waals surface area contributed by atoms with Gasteiger partial charge in [0.1, 0.15) is 12.7 Å². The number of rotatable bonds is 16. The summed E-state index contributed by atoms with van der Waals surface area (Å²) in [6.45, 7) is 1.73. The van der Waals surface area contributed by atoms with E-state index in [9.17, 15) is 15.0 Å². The molecule has 0 aromatic carbocycles. The highest BCUT2D eigenvalue weighted by atomic mass is 16.4. The Hall–Kier alpha value is -1.20. The second-order valence-electron chi connectivity index (χ2n) is 7.19. The van der Waals surface area contributed by atoms with Crippen LogP contribution in [0.2, 0.25) is 0 Å². The molecule has 1 rings (SSSR count). The standard InChI is InChI=1S/C20H36N2O3/c1-2-3-4-5-6-7-8-9-10-11-12-13-14-19-21-15-16-22(19,18-23)17-20(24)25/h15-16,23H,2-14,17-18H2,1H3. The van der Waals surface area contributed by atoms with Crippen LogP contribution in [-0.4, -0.2) is 34.7 Å². The Labute approximate surface area is 153 Å². The first-order chi connectivity index (χ1) is 12.1. The van der Waals surface area contributed by atoms with Gasteiger partial charge in [-0.3, -0.25) is 0 Å². The quantitative estimate of drug-likeness (QED) is 0.341. The number of hydrogen-bond donors (Lipinski definition) is 1. The number of amidine groups is 1. The number of aliphatic carboxylic acids is 1. The Kier molecular flexibility index (Phi) is 11.4. The van der Waals surface area contributed by atoms with Crippen LogP contribution in [0, 0.1) is 0 Å². The minimum absolute atomic E-state index is 0.0969. The van der Waals surface area contributed by atoms with Crippen LogP contribution < -0.4 is 5.11 Å². The van der Waals surface area contributed by atoms with Crippen LogP contribution >= 0.6 is 0 Å². The van der Waals surface area contributed by atoms with E-state index in [0.29, 0.717) is 0 Å². The monoisotopic (exact) mass is 352 g/mol. The molecule has 1 unspecified atom stereocenters. The van der Waals surface area contributed by atoms with Gasteiger partial charge in [0.2, 0.25) is 5.84 Å². The first-order valence-electron chi connectivity index (χ1n) is 10.1. The molecule has 0 bridgehead atoms. The Balaban J connectivity index is 2.03. The number of carboxylic acid groups (broad SMARTS) is 1. The second-order valence-corrected chi connectivity index (χ2v) is 7.19. The van der Waals surface area contributed by atoms with Crippen molar-refractivity contribution < 1.29 is 19.5 Å². The number of quaternary nitrogens is 1. The van der Waals surface area contributed by atoms with E-state index in [4.69, 9.17) is 0 Å². The van der Waals surface area contributed by atoms with Gasteiger partial charge in [0.05, 0.1) is 12.2 Å². The minimum Gasteiger partial charge on any atom is -0.544 e. The third-order valence-corrected chi connectivity index (χ3v) is 5.01. The van der Waals surface area contributed by atoms with E-state index in [2.05, 4.69) is 11.9 Å². The molecule has 0 aromatic heterocycles. The number of hydrogen-bond acceptors (Lipinski definition) is 4. The second kappa shape index (κ2) is 13.1. The number of aliphatic hydroxyl groups is 1. The van der Waals surface area contributed by atoms with Crippen molar-refractivity contribution in [1.82, 2.24) is 0 Å². The number of carbonyl (C=O) groups is 1. The van der Waals surface area contributed by atoms with Gasteiger partial charge in [0, 0.05) is 6.42 Å². The summed E-state index contributed by atoms with van der Waals surface area (Å²) in [5.74, 6) is -0.429. The third kappa shape index (κ3) is 8.63. The maximum atomic E-state index is 10.9. The van der Waals surface area contributed by atoms with Crippen LogP contribution in [0.25, 0.3) is 0 Å². The fourth-order valence-corrected chi connectivity index (χ4v) is 3.41. The Morgan fingerprint density at radius 1 is 1.00 bits per heavy atom. The Morgan fingerprint density at radius 3 is 2.00 bits per heavy atom. The number of aliphatic imine (C=N–C) groups is 1. The van der Waals surface area contributed by atoms with Crippen molar-refractivity contribution in [2.75, 3.05) is 13.3 Å². The zero-order valence-corrected chi connectivity index (χ0v) is 15.9. The fourth-order valence-electron chi connectivity index (χ4n) is 3.41. The van der Waals surface area contributed by atoms with Gasteiger partial charge >= 0.3 is 0 Å². The molecule has 0 radical (unpaired) electrons. The highest BCUT2D eigenvalue weighted by molar-refractivity contribution is 5.80. The number of carbonyl (C=O) groups excluding carboxylic acids is 1. The molecule has 0 saturated carbocycles. The molecule has 0 spiro atoms. The number of nitrogens with zero attached hydrogens (tertiary/aromatic N) is 2. The van der Waals surface area contributed by atoms with Crippen LogP contribution in [-0.2, 0) is 4.79 Å². The van der Waals surface area contributed by atoms with Crippen molar-refractivity contribution in [2.24, 2.45) is 4.99 Å². The molecule has 5 nitrogen and oxygen atoms in total. The van der Waals surface area contributed by atoms with Crippen molar-refractivity contribution in [1.29, 1.82) is 0 Å². The van der Waals surface area contributed by atoms with Gasteiger partial charge in [-0.05, 0) is 6.42 Å². The Morgan fingerprint density at radius 2 is 1.52 bits per heavy atom. The summed E-state index contributed by atoms with van der Waals surface area (Å²) in [6, 6.07) is 0. The summed E-state index contributed by atoms with van der Waals surface area (Å²) in [4.78, 5) is 15.2. The van der Waals surface area contributed by atoms with E-state index in [1.165, 1.54) is 64.2 Å². The van der Waals surface area contributed by atoms with Gasteiger partial charge in [-0.25, -0.2) is 9.48 Å². The summed E-state index contributed by atoms with van der Waals surface area (Å²) in [5, 5.41) is 20.5. The molecule has 0 amide bonds. The van der Waals surface area contributed by atoms with E-state index >= 15 is 0 Å². The van der Waals surface area contributed by atoms with Crippen molar-refractivity contribution in [3.05, 3.63) is 12.4 Å². The molecule has 0 aliphatic carbocycles. The molecule has 0 saturated heterocycles. The highest BCUT2D eigenvalue weighted by Gasteiger charge is 2.34. The minimum atomic E-state index is -1.16. The van der Waals surface area contributed by atoms with Crippen LogP contribution in [0.3, 0.4) is 0 Å². The lowest BCUT2D eigenvalue weighted by Gasteiger charge is -2.30. The summed E-state index contributed by atoms with van der Waals surface area (Å²) in [6.07, 6.45) is 19.5. The van der Waals surface area contributed by atoms with Crippen LogP contribution in [0.15, 0.2) is 17.4 Å². The maximum absolute atomic E-state index is 10.9. The van der Waals surface area contributed by atoms with Gasteiger partial charge < -0.3 is 15.0 Å². The zero-order chi connectivity index (χ0) is 18.4. The lowest BCUT2D eigenvalue weighted by Crippen LogP contribution is -2.53. The topological polar surface area (TPSA) is 72.7 Å². The van der Waals surface area contributed by atoms with Gasteiger partial charge in [0.15, 0.2) is 6.73 Å². The molecule has 0 aromatic rings. The molecule has 1 aliphatic rings.